The molecule has 4 N–H and O–H groups in total. The third-order valence-corrected chi connectivity index (χ3v) is 15.5. The first-order valence-corrected chi connectivity index (χ1v) is 26.7. The van der Waals surface area contributed by atoms with Crippen LogP contribution in [0.25, 0.3) is 32.5 Å². The van der Waals surface area contributed by atoms with Crippen molar-refractivity contribution in [1.29, 1.82) is 0 Å². The number of unbranched alkanes of at least 4 members (excludes halogenated alkanes) is 5. The van der Waals surface area contributed by atoms with Crippen molar-refractivity contribution in [2.75, 3.05) is 31.7 Å². The Bertz CT molecular complexity index is 3080. The van der Waals surface area contributed by atoms with E-state index in [1.165, 1.54) is 40.2 Å². The van der Waals surface area contributed by atoms with Crippen LogP contribution in [0, 0.1) is 19.8 Å². The van der Waals surface area contributed by atoms with Crippen LogP contribution < -0.4 is 25.8 Å². The summed E-state index contributed by atoms with van der Waals surface area (Å²) < 4.78 is 53.7. The number of halogens is 3. The number of pyridine rings is 1. The normalized spacial score (nSPS) is 16.6. The lowest BCUT2D eigenvalue weighted by atomic mass is 9.92. The summed E-state index contributed by atoms with van der Waals surface area (Å²) in [5.41, 5.74) is 6.96. The summed E-state index contributed by atoms with van der Waals surface area (Å²) in [4.78, 5) is 62.3. The Labute approximate surface area is 438 Å². The molecular formula is C56H67F3N8O7S. The Hall–Kier alpha value is -6.57. The van der Waals surface area contributed by atoms with Gasteiger partial charge in [-0.3, -0.25) is 23.9 Å². The van der Waals surface area contributed by atoms with Crippen LogP contribution in [0.4, 0.5) is 24.5 Å². The molecule has 15 nitrogen and oxygen atoms in total. The predicted octanol–water partition coefficient (Wildman–Crippen LogP) is 8.94. The maximum absolute atomic E-state index is 15.0. The monoisotopic (exact) mass is 1050 g/mol. The number of aromatic nitrogens is 4. The number of thiazole rings is 1. The fourth-order valence-electron chi connectivity index (χ4n) is 10.5. The number of methoxy groups -OCH3 is 1. The summed E-state index contributed by atoms with van der Waals surface area (Å²) in [7, 11) is 3.20. The summed E-state index contributed by atoms with van der Waals surface area (Å²) in [5, 5.41) is 31.8. The Morgan fingerprint density at radius 1 is 0.947 bits per heavy atom. The molecule has 0 unspecified atom stereocenters. The molecule has 0 aliphatic carbocycles. The van der Waals surface area contributed by atoms with E-state index in [0.717, 1.165) is 59.2 Å². The number of fused-ring (bicyclic) bond motifs is 2. The van der Waals surface area contributed by atoms with Crippen molar-refractivity contribution >= 4 is 51.3 Å². The molecule has 5 heterocycles. The van der Waals surface area contributed by atoms with Gasteiger partial charge in [0.05, 0.1) is 64.9 Å². The molecule has 3 aromatic carbocycles. The topological polar surface area (TPSA) is 184 Å². The number of aliphatic hydroxyl groups is 2. The van der Waals surface area contributed by atoms with Crippen LogP contribution in [0.5, 0.6) is 5.75 Å². The van der Waals surface area contributed by atoms with Crippen molar-refractivity contribution in [3.63, 3.8) is 0 Å². The van der Waals surface area contributed by atoms with Crippen LogP contribution in [0.2, 0.25) is 0 Å². The van der Waals surface area contributed by atoms with Crippen LogP contribution >= 0.6 is 11.3 Å². The maximum Gasteiger partial charge on any atom is 0.417 e. The average molecular weight is 1050 g/mol. The fourth-order valence-corrected chi connectivity index (χ4v) is 11.3. The number of rotatable bonds is 20. The number of β-amino-alcohol motifs (C(OH)–C–C–N with tert-alkyl or cyclic N) is 1. The lowest BCUT2D eigenvalue weighted by molar-refractivity contribution is -0.142. The Morgan fingerprint density at radius 3 is 2.36 bits per heavy atom. The van der Waals surface area contributed by atoms with Crippen molar-refractivity contribution < 1.29 is 42.5 Å². The molecule has 8 rings (SSSR count). The van der Waals surface area contributed by atoms with Gasteiger partial charge in [-0.1, -0.05) is 63.8 Å². The molecule has 0 radical (unpaired) electrons. The van der Waals surface area contributed by atoms with Gasteiger partial charge >= 0.3 is 6.18 Å². The lowest BCUT2D eigenvalue weighted by Crippen LogP contribution is -2.55. The number of benzene rings is 3. The van der Waals surface area contributed by atoms with Crippen LogP contribution in [-0.2, 0) is 40.6 Å². The number of aliphatic hydroxyl groups excluding tert-OH is 2. The molecule has 1 fully saturated rings. The van der Waals surface area contributed by atoms with Gasteiger partial charge in [-0.2, -0.15) is 18.3 Å². The quantitative estimate of drug-likeness (QED) is 0.0539. The van der Waals surface area contributed by atoms with E-state index in [1.54, 1.807) is 48.6 Å². The standard InChI is InChI=1S/C56H67F3N8O7S/c1-33(2)51(55(73)67-30-40(69)24-49(67)53(71)62-45(31-68)36-16-18-37(19-17-36)52-35(4)60-32-75-52)63-50(70)15-11-9-7-8-10-12-20-65-29-39(28-61-65)42-23-38-14-13-21-66(46(38)27-44(42)56(57,58)59)48-26-41(74-6)25-47-43(48)22-34(3)54(72)64(47)5/h16-19,22-23,25-29,32-33,40,45,49,51,68-69H,7-15,20-21,24,30-31H2,1-6H3,(H,62,71)(H,63,70)/t40-,45+,49+,51+/m1/s1. The van der Waals surface area contributed by atoms with Gasteiger partial charge in [0.2, 0.25) is 17.7 Å². The van der Waals surface area contributed by atoms with Crippen molar-refractivity contribution in [3.05, 3.63) is 111 Å². The number of hydrogen-bond acceptors (Lipinski definition) is 11. The number of likely N-dealkylation sites (tertiary alicyclic amines) is 1. The van der Waals surface area contributed by atoms with Gasteiger partial charge in [0, 0.05) is 80.1 Å². The molecule has 6 aromatic rings. The molecule has 400 valence electrons. The second-order valence-corrected chi connectivity index (χ2v) is 21.1. The van der Waals surface area contributed by atoms with Gasteiger partial charge in [0.25, 0.3) is 5.56 Å². The Morgan fingerprint density at radius 2 is 1.68 bits per heavy atom. The Balaban J connectivity index is 0.809. The number of aryl methyl sites for hydroxylation is 5. The number of carbonyl (C=O) groups is 3. The first-order chi connectivity index (χ1) is 35.9. The number of anilines is 2. The zero-order chi connectivity index (χ0) is 53.7. The van der Waals surface area contributed by atoms with E-state index in [4.69, 9.17) is 4.74 Å². The van der Waals surface area contributed by atoms with Gasteiger partial charge < -0.3 is 40.0 Å². The van der Waals surface area contributed by atoms with Crippen molar-refractivity contribution in [1.82, 2.24) is 34.9 Å². The van der Waals surface area contributed by atoms with E-state index in [2.05, 4.69) is 20.7 Å². The SMILES string of the molecule is COc1cc(N2CCCc3cc(-c4cnn(CCCCCCCCC(=O)N[C@H](C(=O)N5C[C@H](O)C[C@H]5C(=O)N[C@@H](CO)c5ccc(-c6scnc6C)cc5)C(C)C)c4)c(C(F)(F)F)cc32)c2cc(C)c(=O)n(C)c2c1. The third kappa shape index (κ3) is 12.3. The Kier molecular flexibility index (Phi) is 17.2. The summed E-state index contributed by atoms with van der Waals surface area (Å²) in [6.45, 7) is 7.86. The highest BCUT2D eigenvalue weighted by Crippen LogP contribution is 2.46. The van der Waals surface area contributed by atoms with E-state index in [-0.39, 0.29) is 48.9 Å². The zero-order valence-corrected chi connectivity index (χ0v) is 44.2. The number of nitrogens with one attached hydrogen (secondary N) is 2. The lowest BCUT2D eigenvalue weighted by Gasteiger charge is -2.34. The minimum atomic E-state index is -4.65. The third-order valence-electron chi connectivity index (χ3n) is 14.6. The van der Waals surface area contributed by atoms with Gasteiger partial charge in [0.15, 0.2) is 0 Å². The summed E-state index contributed by atoms with van der Waals surface area (Å²) in [5.74, 6) is -1.05. The molecule has 1 saturated heterocycles. The number of hydrogen-bond donors (Lipinski definition) is 4. The fraction of sp³-hybridized carbons (Fsp3) is 0.464. The number of alkyl halides is 3. The molecule has 0 saturated carbocycles. The van der Waals surface area contributed by atoms with Gasteiger partial charge in [0.1, 0.15) is 17.8 Å². The average Bonchev–Trinajstić information content (AvgIpc) is 4.16. The molecule has 75 heavy (non-hydrogen) atoms. The zero-order valence-electron chi connectivity index (χ0n) is 43.4. The molecule has 19 heteroatoms. The molecule has 0 bridgehead atoms. The van der Waals surface area contributed by atoms with Gasteiger partial charge in [-0.05, 0) is 85.9 Å². The van der Waals surface area contributed by atoms with E-state index in [0.29, 0.717) is 71.7 Å². The summed E-state index contributed by atoms with van der Waals surface area (Å²) in [6.07, 6.45) is 3.87. The first kappa shape index (κ1) is 54.7. The van der Waals surface area contributed by atoms with E-state index >= 15 is 0 Å². The first-order valence-electron chi connectivity index (χ1n) is 25.8. The second kappa shape index (κ2) is 23.5. The largest absolute Gasteiger partial charge is 0.497 e. The molecule has 3 aromatic heterocycles. The van der Waals surface area contributed by atoms with Crippen LogP contribution in [-0.4, -0.2) is 97.2 Å². The van der Waals surface area contributed by atoms with E-state index in [1.807, 2.05) is 56.0 Å². The van der Waals surface area contributed by atoms with Crippen molar-refractivity contribution in [3.8, 4) is 27.3 Å². The highest BCUT2D eigenvalue weighted by molar-refractivity contribution is 7.13. The highest BCUT2D eigenvalue weighted by atomic mass is 32.1. The number of carbonyl (C=O) groups excluding carboxylic acids is 3. The maximum atomic E-state index is 15.0. The molecule has 2 aliphatic rings. The molecule has 2 aliphatic heterocycles. The summed E-state index contributed by atoms with van der Waals surface area (Å²) >= 11 is 1.53. The number of nitrogens with zero attached hydrogens (tertiary/aromatic N) is 6. The minimum Gasteiger partial charge on any atom is -0.497 e. The second-order valence-electron chi connectivity index (χ2n) is 20.2. The molecule has 0 spiro atoms. The molecular weight excluding hydrogens is 986 g/mol. The predicted molar refractivity (Wildman–Crippen MR) is 284 cm³/mol. The van der Waals surface area contributed by atoms with Crippen LogP contribution in [0.1, 0.15) is 106 Å². The minimum absolute atomic E-state index is 0.0241. The molecule has 4 atom stereocenters. The van der Waals surface area contributed by atoms with E-state index in [9.17, 15) is 42.6 Å². The number of amides is 3. The van der Waals surface area contributed by atoms with Crippen molar-refractivity contribution in [2.45, 2.75) is 129 Å². The van der Waals surface area contributed by atoms with Crippen molar-refractivity contribution in [2.24, 2.45) is 13.0 Å². The van der Waals surface area contributed by atoms with Crippen LogP contribution in [0.15, 0.2) is 77.3 Å². The van der Waals surface area contributed by atoms with Gasteiger partial charge in [-0.15, -0.1) is 11.3 Å². The van der Waals surface area contributed by atoms with E-state index < -0.39 is 47.8 Å². The molecule has 3 amide bonds. The smallest absolute Gasteiger partial charge is 0.417 e. The highest BCUT2D eigenvalue weighted by Gasteiger charge is 2.43. The van der Waals surface area contributed by atoms with Crippen LogP contribution in [0.3, 0.4) is 0 Å². The van der Waals surface area contributed by atoms with Gasteiger partial charge in [-0.25, -0.2) is 4.98 Å². The summed E-state index contributed by atoms with van der Waals surface area (Å²) in [6, 6.07) is 13.1. The number of ether oxygens (including phenoxy) is 1.